The number of rotatable bonds is 12. The van der Waals surface area contributed by atoms with E-state index >= 15 is 0 Å². The van der Waals surface area contributed by atoms with Crippen LogP contribution in [-0.4, -0.2) is 51.9 Å². The molecule has 8 nitrogen and oxygen atoms in total. The number of hydrogen-bond acceptors (Lipinski definition) is 5. The zero-order valence-corrected chi connectivity index (χ0v) is 25.7. The van der Waals surface area contributed by atoms with Crippen molar-refractivity contribution in [3.05, 3.63) is 125 Å². The number of nitrogens with zero attached hydrogens (tertiary/aromatic N) is 2. The van der Waals surface area contributed by atoms with Crippen molar-refractivity contribution < 1.29 is 22.7 Å². The normalized spacial score (nSPS) is 11.8. The molecule has 0 heterocycles. The highest BCUT2D eigenvalue weighted by Crippen LogP contribution is 2.27. The van der Waals surface area contributed by atoms with Gasteiger partial charge in [0, 0.05) is 24.5 Å². The number of carbonyl (C=O) groups excluding carboxylic acids is 2. The molecule has 10 heteroatoms. The SMILES string of the molecule is CNC(=O)[C@H](Cc1ccccc1)N(Cc1cccc(Br)c1)C(=O)CN(c1ccc(OC)cc1)S(=O)(=O)c1ccccc1. The van der Waals surface area contributed by atoms with Crippen molar-refractivity contribution in [2.24, 2.45) is 0 Å². The van der Waals surface area contributed by atoms with Gasteiger partial charge in [0.05, 0.1) is 17.7 Å². The number of likely N-dealkylation sites (N-methyl/N-ethyl adjacent to an activating group) is 1. The molecule has 4 aromatic carbocycles. The number of sulfonamides is 1. The van der Waals surface area contributed by atoms with Gasteiger partial charge in [-0.2, -0.15) is 0 Å². The molecule has 218 valence electrons. The van der Waals surface area contributed by atoms with Crippen molar-refractivity contribution in [2.45, 2.75) is 23.9 Å². The summed E-state index contributed by atoms with van der Waals surface area (Å²) in [6.07, 6.45) is 0.244. The van der Waals surface area contributed by atoms with E-state index in [1.807, 2.05) is 54.6 Å². The van der Waals surface area contributed by atoms with E-state index in [1.54, 1.807) is 42.5 Å². The number of carbonyl (C=O) groups is 2. The van der Waals surface area contributed by atoms with E-state index in [4.69, 9.17) is 4.74 Å². The van der Waals surface area contributed by atoms with E-state index in [0.717, 1.165) is 19.9 Å². The van der Waals surface area contributed by atoms with Gasteiger partial charge in [-0.1, -0.05) is 76.6 Å². The molecule has 0 fully saturated rings. The van der Waals surface area contributed by atoms with E-state index in [0.29, 0.717) is 5.75 Å². The number of ether oxygens (including phenoxy) is 1. The monoisotopic (exact) mass is 649 g/mol. The molecule has 2 amide bonds. The van der Waals surface area contributed by atoms with Gasteiger partial charge in [0.15, 0.2) is 0 Å². The Morgan fingerprint density at radius 1 is 0.857 bits per heavy atom. The average Bonchev–Trinajstić information content (AvgIpc) is 3.02. The van der Waals surface area contributed by atoms with Crippen LogP contribution in [-0.2, 0) is 32.6 Å². The molecule has 42 heavy (non-hydrogen) atoms. The molecular weight excluding hydrogens is 618 g/mol. The summed E-state index contributed by atoms with van der Waals surface area (Å²) in [4.78, 5) is 29.1. The summed E-state index contributed by atoms with van der Waals surface area (Å²) >= 11 is 3.48. The Morgan fingerprint density at radius 2 is 1.48 bits per heavy atom. The predicted octanol–water partition coefficient (Wildman–Crippen LogP) is 5.04. The van der Waals surface area contributed by atoms with Crippen LogP contribution in [0.5, 0.6) is 5.75 Å². The van der Waals surface area contributed by atoms with Crippen LogP contribution in [0.4, 0.5) is 5.69 Å². The Hall–Kier alpha value is -4.15. The first kappa shape index (κ1) is 30.8. The molecule has 0 unspecified atom stereocenters. The van der Waals surface area contributed by atoms with Crippen LogP contribution in [0.2, 0.25) is 0 Å². The summed E-state index contributed by atoms with van der Waals surface area (Å²) in [6.45, 7) is -0.440. The molecule has 0 aliphatic carbocycles. The van der Waals surface area contributed by atoms with E-state index in [2.05, 4.69) is 21.2 Å². The van der Waals surface area contributed by atoms with E-state index in [1.165, 1.54) is 31.2 Å². The molecule has 4 aromatic rings. The van der Waals surface area contributed by atoms with Crippen LogP contribution in [0.3, 0.4) is 0 Å². The molecule has 1 atom stereocenters. The molecule has 0 aromatic heterocycles. The molecule has 0 radical (unpaired) electrons. The first-order valence-corrected chi connectivity index (χ1v) is 15.5. The summed E-state index contributed by atoms with van der Waals surface area (Å²) < 4.78 is 35.0. The fourth-order valence-corrected chi connectivity index (χ4v) is 6.43. The highest BCUT2D eigenvalue weighted by atomic mass is 79.9. The van der Waals surface area contributed by atoms with Crippen LogP contribution < -0.4 is 14.4 Å². The minimum absolute atomic E-state index is 0.0410. The van der Waals surface area contributed by atoms with Gasteiger partial charge in [0.2, 0.25) is 11.8 Å². The van der Waals surface area contributed by atoms with Crippen LogP contribution >= 0.6 is 15.9 Å². The topological polar surface area (TPSA) is 96.0 Å². The van der Waals surface area contributed by atoms with Crippen LogP contribution in [0.25, 0.3) is 0 Å². The number of benzene rings is 4. The van der Waals surface area contributed by atoms with Crippen molar-refractivity contribution in [2.75, 3.05) is 25.0 Å². The molecule has 0 bridgehead atoms. The third kappa shape index (κ3) is 7.57. The Labute approximate surface area is 255 Å². The Bertz CT molecular complexity index is 1600. The van der Waals surface area contributed by atoms with Gasteiger partial charge in [-0.15, -0.1) is 0 Å². The number of halogens is 1. The predicted molar refractivity (Wildman–Crippen MR) is 167 cm³/mol. The van der Waals surface area contributed by atoms with Crippen molar-refractivity contribution in [1.82, 2.24) is 10.2 Å². The van der Waals surface area contributed by atoms with Gasteiger partial charge in [-0.05, 0) is 59.7 Å². The van der Waals surface area contributed by atoms with Crippen molar-refractivity contribution in [1.29, 1.82) is 0 Å². The van der Waals surface area contributed by atoms with Gasteiger partial charge < -0.3 is 15.0 Å². The third-order valence-electron chi connectivity index (χ3n) is 6.73. The zero-order valence-electron chi connectivity index (χ0n) is 23.3. The van der Waals surface area contributed by atoms with E-state index in [-0.39, 0.29) is 29.5 Å². The second-order valence-corrected chi connectivity index (χ2v) is 12.3. The standard InChI is InChI=1S/C32H32BrN3O5S/c1-34-32(38)30(21-24-10-5-3-6-11-24)35(22-25-12-9-13-26(33)20-25)31(37)23-36(27-16-18-28(41-2)19-17-27)42(39,40)29-14-7-4-8-15-29/h3-20,30H,21-23H2,1-2H3,(H,34,38)/t30-/m0/s1. The summed E-state index contributed by atoms with van der Waals surface area (Å²) in [6, 6.07) is 30.3. The number of amides is 2. The molecule has 0 spiro atoms. The Morgan fingerprint density at radius 3 is 2.07 bits per heavy atom. The van der Waals surface area contributed by atoms with Gasteiger partial charge in [-0.3, -0.25) is 13.9 Å². The lowest BCUT2D eigenvalue weighted by molar-refractivity contribution is -0.139. The number of nitrogens with one attached hydrogen (secondary N) is 1. The highest BCUT2D eigenvalue weighted by Gasteiger charge is 2.34. The quantitative estimate of drug-likeness (QED) is 0.232. The zero-order chi connectivity index (χ0) is 30.1. The Balaban J connectivity index is 1.78. The molecule has 0 saturated heterocycles. The Kier molecular flexibility index (Phi) is 10.4. The van der Waals surface area contributed by atoms with E-state index in [9.17, 15) is 18.0 Å². The third-order valence-corrected chi connectivity index (χ3v) is 9.01. The molecule has 0 saturated carbocycles. The second-order valence-electron chi connectivity index (χ2n) is 9.49. The van der Waals surface area contributed by atoms with Gasteiger partial charge >= 0.3 is 0 Å². The summed E-state index contributed by atoms with van der Waals surface area (Å²) in [5.41, 5.74) is 1.93. The lowest BCUT2D eigenvalue weighted by Crippen LogP contribution is -2.53. The number of hydrogen-bond donors (Lipinski definition) is 1. The lowest BCUT2D eigenvalue weighted by Gasteiger charge is -2.33. The van der Waals surface area contributed by atoms with Crippen LogP contribution in [0.1, 0.15) is 11.1 Å². The van der Waals surface area contributed by atoms with Crippen LogP contribution in [0, 0.1) is 0 Å². The largest absolute Gasteiger partial charge is 0.497 e. The van der Waals surface area contributed by atoms with Crippen molar-refractivity contribution >= 4 is 43.5 Å². The maximum Gasteiger partial charge on any atom is 0.264 e. The summed E-state index contributed by atoms with van der Waals surface area (Å²) in [5.74, 6) is -0.347. The lowest BCUT2D eigenvalue weighted by atomic mass is 10.0. The minimum Gasteiger partial charge on any atom is -0.497 e. The highest BCUT2D eigenvalue weighted by molar-refractivity contribution is 9.10. The first-order chi connectivity index (χ1) is 20.2. The maximum absolute atomic E-state index is 14.3. The smallest absolute Gasteiger partial charge is 0.264 e. The second kappa shape index (κ2) is 14.2. The summed E-state index contributed by atoms with van der Waals surface area (Å²) in [5, 5.41) is 2.68. The van der Waals surface area contributed by atoms with Gasteiger partial charge in [0.1, 0.15) is 18.3 Å². The average molecular weight is 651 g/mol. The van der Waals surface area contributed by atoms with E-state index < -0.39 is 28.5 Å². The summed E-state index contributed by atoms with van der Waals surface area (Å²) in [7, 11) is -1.12. The molecule has 0 aliphatic rings. The fourth-order valence-electron chi connectivity index (χ4n) is 4.55. The van der Waals surface area contributed by atoms with Crippen LogP contribution in [0.15, 0.2) is 119 Å². The minimum atomic E-state index is -4.16. The van der Waals surface area contributed by atoms with Gasteiger partial charge in [-0.25, -0.2) is 8.42 Å². The molecule has 4 rings (SSSR count). The molecule has 1 N–H and O–H groups in total. The van der Waals surface area contributed by atoms with Gasteiger partial charge in [0.25, 0.3) is 10.0 Å². The van der Waals surface area contributed by atoms with Crippen molar-refractivity contribution in [3.63, 3.8) is 0 Å². The molecular formula is C32H32BrN3O5S. The maximum atomic E-state index is 14.3. The fraction of sp³-hybridized carbons (Fsp3) is 0.188. The first-order valence-electron chi connectivity index (χ1n) is 13.2. The number of anilines is 1. The number of methoxy groups -OCH3 is 1. The molecule has 0 aliphatic heterocycles. The van der Waals surface area contributed by atoms with Crippen molar-refractivity contribution in [3.8, 4) is 5.75 Å².